The second-order valence-electron chi connectivity index (χ2n) is 8.40. The summed E-state index contributed by atoms with van der Waals surface area (Å²) in [6.45, 7) is 14.5. The molecule has 3 rings (SSSR count). The Morgan fingerprint density at radius 1 is 1.34 bits per heavy atom. The molecular weight excluding hydrogens is 431 g/mol. The van der Waals surface area contributed by atoms with Gasteiger partial charge in [-0.25, -0.2) is 22.8 Å². The van der Waals surface area contributed by atoms with Crippen molar-refractivity contribution in [3.8, 4) is 0 Å². The molecule has 1 saturated heterocycles. The van der Waals surface area contributed by atoms with Crippen molar-refractivity contribution >= 4 is 27.2 Å². The van der Waals surface area contributed by atoms with Crippen molar-refractivity contribution < 1.29 is 17.5 Å². The molecule has 1 atom stereocenters. The molecule has 1 fully saturated rings. The predicted octanol–water partition coefficient (Wildman–Crippen LogP) is 3.69. The Balaban J connectivity index is 1.90. The largest absolute Gasteiger partial charge is 0.492 e. The molecule has 7 nitrogen and oxygen atoms in total. The second-order valence-corrected chi connectivity index (χ2v) is 10.4. The summed E-state index contributed by atoms with van der Waals surface area (Å²) < 4.78 is 43.5. The molecule has 9 heteroatoms. The Labute approximate surface area is 189 Å². The highest BCUT2D eigenvalue weighted by Crippen LogP contribution is 2.29. The van der Waals surface area contributed by atoms with Gasteiger partial charge in [0.2, 0.25) is 5.95 Å². The highest BCUT2D eigenvalue weighted by molar-refractivity contribution is 7.90. The van der Waals surface area contributed by atoms with Crippen LogP contribution in [0.5, 0.6) is 0 Å². The molecule has 0 radical (unpaired) electrons. The smallest absolute Gasteiger partial charge is 0.226 e. The first-order valence-electron chi connectivity index (χ1n) is 10.7. The van der Waals surface area contributed by atoms with Gasteiger partial charge in [0.15, 0.2) is 9.84 Å². The number of rotatable bonds is 7. The van der Waals surface area contributed by atoms with E-state index in [-0.39, 0.29) is 16.9 Å². The topological polar surface area (TPSA) is 75.6 Å². The van der Waals surface area contributed by atoms with Gasteiger partial charge in [-0.15, -0.1) is 0 Å². The summed E-state index contributed by atoms with van der Waals surface area (Å²) in [6, 6.07) is 4.34. The molecule has 0 saturated carbocycles. The van der Waals surface area contributed by atoms with E-state index in [0.717, 1.165) is 11.8 Å². The van der Waals surface area contributed by atoms with E-state index in [2.05, 4.69) is 35.2 Å². The lowest BCUT2D eigenvalue weighted by Crippen LogP contribution is -2.56. The van der Waals surface area contributed by atoms with Gasteiger partial charge in [0.1, 0.15) is 22.2 Å². The Morgan fingerprint density at radius 3 is 2.69 bits per heavy atom. The first-order chi connectivity index (χ1) is 15.0. The minimum Gasteiger partial charge on any atom is -0.492 e. The fourth-order valence-corrected chi connectivity index (χ4v) is 4.69. The number of nitrogens with zero attached hydrogens (tertiary/aromatic N) is 4. The molecule has 32 heavy (non-hydrogen) atoms. The zero-order valence-electron chi connectivity index (χ0n) is 19.3. The zero-order chi connectivity index (χ0) is 23.6. The van der Waals surface area contributed by atoms with Crippen LogP contribution in [-0.4, -0.2) is 56.9 Å². The van der Waals surface area contributed by atoms with Crippen molar-refractivity contribution in [3.63, 3.8) is 0 Å². The van der Waals surface area contributed by atoms with E-state index in [9.17, 15) is 12.8 Å². The number of sulfone groups is 1. The van der Waals surface area contributed by atoms with Gasteiger partial charge in [-0.3, -0.25) is 0 Å². The van der Waals surface area contributed by atoms with Crippen molar-refractivity contribution in [1.29, 1.82) is 0 Å². The van der Waals surface area contributed by atoms with Gasteiger partial charge in [-0.1, -0.05) is 20.4 Å². The van der Waals surface area contributed by atoms with Gasteiger partial charge >= 0.3 is 0 Å². The van der Waals surface area contributed by atoms with Crippen LogP contribution < -0.4 is 9.80 Å². The Kier molecular flexibility index (Phi) is 7.07. The van der Waals surface area contributed by atoms with Crippen LogP contribution in [0, 0.1) is 18.7 Å². The summed E-state index contributed by atoms with van der Waals surface area (Å²) in [6.07, 6.45) is 2.80. The third-order valence-corrected chi connectivity index (χ3v) is 6.78. The quantitative estimate of drug-likeness (QED) is 0.581. The summed E-state index contributed by atoms with van der Waals surface area (Å²) >= 11 is 0. The maximum Gasteiger partial charge on any atom is 0.226 e. The van der Waals surface area contributed by atoms with E-state index in [0.29, 0.717) is 49.3 Å². The number of aromatic nitrogens is 2. The zero-order valence-corrected chi connectivity index (χ0v) is 20.1. The lowest BCUT2D eigenvalue weighted by molar-refractivity contribution is 0.297. The second kappa shape index (κ2) is 9.44. The maximum absolute atomic E-state index is 14.1. The standard InChI is InChI=1S/C23H31FN4O3S/c1-7-31-17(5)22-16(4)13-25-23(26-22)28-11-10-27(14-20(28)15(2)3)18-8-9-19(24)21(12-18)32(6,29)30/h8-9,12-13,15,20H,5,7,10-11,14H2,1-4,6H3/t20-/m0/s1. The summed E-state index contributed by atoms with van der Waals surface area (Å²) in [4.78, 5) is 13.3. The summed E-state index contributed by atoms with van der Waals surface area (Å²) in [5, 5.41) is 0. The molecule has 1 aromatic heterocycles. The van der Waals surface area contributed by atoms with E-state index in [1.165, 1.54) is 12.1 Å². The maximum atomic E-state index is 14.1. The van der Waals surface area contributed by atoms with Crippen LogP contribution in [0.4, 0.5) is 16.0 Å². The highest BCUT2D eigenvalue weighted by Gasteiger charge is 2.32. The minimum absolute atomic E-state index is 0.0754. The first-order valence-corrected chi connectivity index (χ1v) is 12.6. The molecule has 0 amide bonds. The first kappa shape index (κ1) is 24.0. The molecule has 1 aliphatic heterocycles. The van der Waals surface area contributed by atoms with Gasteiger partial charge in [0.25, 0.3) is 0 Å². The number of piperazine rings is 1. The van der Waals surface area contributed by atoms with Gasteiger partial charge in [0.05, 0.1) is 12.6 Å². The van der Waals surface area contributed by atoms with Crippen molar-refractivity contribution in [1.82, 2.24) is 9.97 Å². The van der Waals surface area contributed by atoms with Crippen molar-refractivity contribution in [3.05, 3.63) is 48.0 Å². The van der Waals surface area contributed by atoms with E-state index < -0.39 is 15.7 Å². The molecule has 0 bridgehead atoms. The predicted molar refractivity (Wildman–Crippen MR) is 125 cm³/mol. The molecule has 0 unspecified atom stereocenters. The molecule has 0 N–H and O–H groups in total. The fourth-order valence-electron chi connectivity index (χ4n) is 3.93. The normalized spacial score (nSPS) is 17.0. The molecule has 174 valence electrons. The van der Waals surface area contributed by atoms with Crippen molar-refractivity contribution in [2.24, 2.45) is 5.92 Å². The number of halogens is 1. The average Bonchev–Trinajstić information content (AvgIpc) is 2.73. The Hall–Kier alpha value is -2.68. The number of benzene rings is 1. The van der Waals surface area contributed by atoms with Crippen LogP contribution in [0.15, 0.2) is 35.9 Å². The molecule has 1 aliphatic rings. The van der Waals surface area contributed by atoms with Crippen molar-refractivity contribution in [2.75, 3.05) is 42.3 Å². The van der Waals surface area contributed by atoms with Gasteiger partial charge in [-0.05, 0) is 43.5 Å². The SMILES string of the molecule is C=C(OCC)c1nc(N2CCN(c3ccc(F)c(S(C)(=O)=O)c3)C[C@H]2C(C)C)ncc1C. The monoisotopic (exact) mass is 462 g/mol. The lowest BCUT2D eigenvalue weighted by Gasteiger charge is -2.44. The summed E-state index contributed by atoms with van der Waals surface area (Å²) in [7, 11) is -3.65. The third-order valence-electron chi connectivity index (χ3n) is 5.67. The number of ether oxygens (including phenoxy) is 1. The van der Waals surface area contributed by atoms with Crippen LogP contribution in [0.1, 0.15) is 32.0 Å². The Morgan fingerprint density at radius 2 is 2.06 bits per heavy atom. The van der Waals surface area contributed by atoms with Crippen LogP contribution >= 0.6 is 0 Å². The van der Waals surface area contributed by atoms with Crippen LogP contribution in [0.3, 0.4) is 0 Å². The minimum atomic E-state index is -3.65. The van der Waals surface area contributed by atoms with E-state index in [4.69, 9.17) is 9.72 Å². The molecule has 2 aromatic rings. The third kappa shape index (κ3) is 5.03. The Bertz CT molecular complexity index is 1100. The van der Waals surface area contributed by atoms with E-state index in [1.54, 1.807) is 12.3 Å². The highest BCUT2D eigenvalue weighted by atomic mass is 32.2. The van der Waals surface area contributed by atoms with Gasteiger partial charge < -0.3 is 14.5 Å². The number of hydrogen-bond acceptors (Lipinski definition) is 7. The molecular formula is C23H31FN4O3S. The van der Waals surface area contributed by atoms with Crippen LogP contribution in [0.2, 0.25) is 0 Å². The molecule has 1 aromatic carbocycles. The van der Waals surface area contributed by atoms with Crippen LogP contribution in [0.25, 0.3) is 5.76 Å². The average molecular weight is 463 g/mol. The van der Waals surface area contributed by atoms with Crippen molar-refractivity contribution in [2.45, 2.75) is 38.6 Å². The van der Waals surface area contributed by atoms with E-state index >= 15 is 0 Å². The number of hydrogen-bond donors (Lipinski definition) is 0. The summed E-state index contributed by atoms with van der Waals surface area (Å²) in [5.41, 5.74) is 2.28. The summed E-state index contributed by atoms with van der Waals surface area (Å²) in [5.74, 6) is 0.676. The van der Waals surface area contributed by atoms with Gasteiger partial charge in [-0.2, -0.15) is 0 Å². The van der Waals surface area contributed by atoms with Gasteiger partial charge in [0, 0.05) is 37.8 Å². The van der Waals surface area contributed by atoms with Crippen LogP contribution in [-0.2, 0) is 14.6 Å². The molecule has 2 heterocycles. The molecule has 0 aliphatic carbocycles. The molecule has 0 spiro atoms. The fraction of sp³-hybridized carbons (Fsp3) is 0.478. The lowest BCUT2D eigenvalue weighted by atomic mass is 9.99. The number of anilines is 2. The van der Waals surface area contributed by atoms with E-state index in [1.807, 2.05) is 13.8 Å². The number of aryl methyl sites for hydroxylation is 1.